The highest BCUT2D eigenvalue weighted by Gasteiger charge is 2.54. The SMILES string of the molecule is CC(C)(C)OC(=O)N1CC[C@@H](C(=O)O)C1.O=C(CNC(=O)[C@@H]1CC[C@@H]2CN1C(=O)N2OCc1ccccc1)C1CCCC1.O=C(O)[C@@H]1CC[C@@H]2CN1C(=O)N2OCc1ccccc1.O=C1N(O)[C@@H]2CC[C@@H](c3nnc(C4CCCC4)o3)N1C2.O=C1N2C[C@@H](CC[C@H]2c2nnc(C3CCCC3)o2)N1OCc1ccccc1.O=C1N2C[C@@H](CC[C@H]2c2nnc(C3CCNC3)o2)N1OS(=O)(=O)O. The minimum Gasteiger partial charge on any atom is -0.481 e. The molecule has 6 aromatic rings. The van der Waals surface area contributed by atoms with Crippen LogP contribution in [0.1, 0.15) is 263 Å². The van der Waals surface area contributed by atoms with Crippen LogP contribution in [0.2, 0.25) is 0 Å². The van der Waals surface area contributed by atoms with Gasteiger partial charge in [-0.25, -0.2) is 38.6 Å². The van der Waals surface area contributed by atoms with E-state index in [4.69, 9.17) is 47.3 Å². The van der Waals surface area contributed by atoms with Crippen molar-refractivity contribution in [3.05, 3.63) is 143 Å². The average molecular weight is 1880 g/mol. The summed E-state index contributed by atoms with van der Waals surface area (Å²) >= 11 is 0. The number of aliphatic carboxylic acids is 2. The minimum atomic E-state index is -4.75. The molecule has 10 bridgehead atoms. The van der Waals surface area contributed by atoms with Crippen molar-refractivity contribution in [2.24, 2.45) is 11.8 Å². The van der Waals surface area contributed by atoms with Gasteiger partial charge in [-0.1, -0.05) is 130 Å². The molecule has 0 radical (unpaired) electrons. The molecule has 12 amide bonds. The first-order valence-electron chi connectivity index (χ1n) is 46.8. The van der Waals surface area contributed by atoms with Crippen molar-refractivity contribution in [1.82, 2.24) is 95.9 Å². The largest absolute Gasteiger partial charge is 0.481 e. The standard InChI is InChI=1S/C21H27N3O4.C20H24N4O3.C14H16N2O4.C13H18N4O3.C12H17N5O6S.C10H17NO4/c25-19(16-8-4-5-9-16)12-22-20(26)18-11-10-17-13-23(18)21(27)24(17)28-14-15-6-2-1-3-7-15;25-20-23-12-16(24(20)26-13-14-6-2-1-3-7-14)10-11-17(23)19-22-21-18(27-19)15-8-4-5-9-15;17-13(18)12-7-6-11-8-15(12)14(19)16(11)20-9-10-4-2-1-3-5-10;18-13-16-7-9(17(13)19)5-6-10(16)12-15-14-11(20-12)8-3-1-2-4-8;18-12-16-6-8(17(12)23-24(19,20)21)1-2-9(16)11-15-14-10(22-11)7-3-4-13-5-7;1-10(2,3)15-9(14)11-5-4-7(6-11)8(12)13/h1-3,6-7,16-18H,4-5,8-14H2,(H,22,26);1-3,6-7,15-17H,4-5,8-13H2;1-5,11-12H,6-9H2,(H,17,18);8-10,19H,1-7H2;7-9,13H,1-6H2,(H,19,20,21);7H,4-6H2,1-3H3,(H,12,13)/t17-,18+;16-,17+;11-,12+;9-,10+;7?,8-,9+;7-/m111111/s1. The van der Waals surface area contributed by atoms with E-state index < -0.39 is 70.1 Å². The second kappa shape index (κ2) is 42.6. The number of carboxylic acid groups (broad SMARTS) is 2. The van der Waals surface area contributed by atoms with E-state index in [0.717, 1.165) is 124 Å². The van der Waals surface area contributed by atoms with Crippen LogP contribution < -0.4 is 10.6 Å². The van der Waals surface area contributed by atoms with Crippen molar-refractivity contribution in [2.45, 2.75) is 278 Å². The van der Waals surface area contributed by atoms with Crippen molar-refractivity contribution in [3.8, 4) is 0 Å². The lowest BCUT2D eigenvalue weighted by Crippen LogP contribution is -2.50. The molecule has 12 saturated heterocycles. The third-order valence-corrected chi connectivity index (χ3v) is 27.9. The van der Waals surface area contributed by atoms with Crippen LogP contribution in [0, 0.1) is 11.8 Å². The van der Waals surface area contributed by atoms with Gasteiger partial charge in [0, 0.05) is 70.1 Å². The topological polar surface area (TPSA) is 508 Å². The number of fused-ring (bicyclic) bond motifs is 10. The molecule has 44 heteroatoms. The number of carbonyl (C=O) groups is 10. The molecule has 21 rings (SSSR count). The van der Waals surface area contributed by atoms with Gasteiger partial charge in [-0.2, -0.15) is 28.7 Å². The van der Waals surface area contributed by atoms with Gasteiger partial charge < -0.3 is 68.2 Å². The van der Waals surface area contributed by atoms with Crippen LogP contribution in [-0.4, -0.2) is 287 Å². The van der Waals surface area contributed by atoms with Crippen LogP contribution in [0.5, 0.6) is 0 Å². The van der Waals surface area contributed by atoms with Gasteiger partial charge in [0.1, 0.15) is 55.6 Å². The first kappa shape index (κ1) is 95.6. The van der Waals surface area contributed by atoms with Gasteiger partial charge in [-0.05, 0) is 160 Å². The summed E-state index contributed by atoms with van der Waals surface area (Å²) in [4.78, 5) is 147. The molecular formula is C90H119N19O24S. The monoisotopic (exact) mass is 1880 g/mol. The van der Waals surface area contributed by atoms with E-state index in [-0.39, 0.29) is 104 Å². The number of rotatable bonds is 23. The van der Waals surface area contributed by atoms with Crippen molar-refractivity contribution in [2.75, 3.05) is 65.4 Å². The van der Waals surface area contributed by atoms with Crippen molar-refractivity contribution in [1.29, 1.82) is 0 Å². The average Bonchev–Trinajstić information content (AvgIpc) is 1.62. The highest BCUT2D eigenvalue weighted by Crippen LogP contribution is 2.45. The number of hydroxylamine groups is 10. The lowest BCUT2D eigenvalue weighted by Gasteiger charge is -2.29. The summed E-state index contributed by atoms with van der Waals surface area (Å²) in [6.07, 6.45) is 21.2. The number of piperidine rings is 5. The smallest absolute Gasteiger partial charge is 0.418 e. The first-order valence-corrected chi connectivity index (χ1v) is 48.2. The Morgan fingerprint density at radius 3 is 1.26 bits per heavy atom. The Kier molecular flexibility index (Phi) is 30.4. The molecule has 15 heterocycles. The molecule has 1 unspecified atom stereocenters. The summed E-state index contributed by atoms with van der Waals surface area (Å²) in [6.45, 7) is 11.3. The fourth-order valence-corrected chi connectivity index (χ4v) is 20.7. The van der Waals surface area contributed by atoms with Crippen LogP contribution in [0.4, 0.5) is 28.8 Å². The van der Waals surface area contributed by atoms with E-state index in [2.05, 4.69) is 45.5 Å². The number of urea groups is 5. The highest BCUT2D eigenvalue weighted by atomic mass is 32.3. The number of hydrogen-bond acceptors (Lipinski definition) is 28. The summed E-state index contributed by atoms with van der Waals surface area (Å²) in [5.74, 6) is 2.14. The van der Waals surface area contributed by atoms with E-state index in [9.17, 15) is 61.6 Å². The molecule has 43 nitrogen and oxygen atoms in total. The van der Waals surface area contributed by atoms with Gasteiger partial charge >= 0.3 is 58.6 Å². The number of Topliss-reactive ketones (excluding diaryl/α,β-unsaturated/α-hetero) is 1. The molecule has 134 heavy (non-hydrogen) atoms. The fraction of sp³-hybridized carbons (Fsp3) is 0.622. The van der Waals surface area contributed by atoms with Crippen LogP contribution in [0.25, 0.3) is 0 Å². The molecule has 3 saturated carbocycles. The molecule has 3 aromatic carbocycles. The third-order valence-electron chi connectivity index (χ3n) is 27.5. The number of likely N-dealkylation sites (tertiary alicyclic amines) is 1. The second-order valence-corrected chi connectivity index (χ2v) is 38.7. The number of nitrogens with one attached hydrogen (secondary N) is 2. The summed E-state index contributed by atoms with van der Waals surface area (Å²) in [6, 6.07) is 25.0. The molecule has 724 valence electrons. The Morgan fingerprint density at radius 1 is 0.440 bits per heavy atom. The number of carboxylic acids is 2. The van der Waals surface area contributed by atoms with Crippen LogP contribution in [0.15, 0.2) is 104 Å². The van der Waals surface area contributed by atoms with Gasteiger partial charge in [0.25, 0.3) is 0 Å². The zero-order valence-corrected chi connectivity index (χ0v) is 76.3. The van der Waals surface area contributed by atoms with Gasteiger partial charge in [0.15, 0.2) is 5.78 Å². The van der Waals surface area contributed by atoms with E-state index in [1.54, 1.807) is 35.6 Å². The number of ether oxygens (including phenoxy) is 1. The van der Waals surface area contributed by atoms with Crippen LogP contribution in [0.3, 0.4) is 0 Å². The maximum Gasteiger partial charge on any atom is 0.418 e. The number of nitrogens with zero attached hydrogens (tertiary/aromatic N) is 17. The first-order chi connectivity index (χ1) is 64.5. The molecule has 12 atom stereocenters. The lowest BCUT2D eigenvalue weighted by atomic mass is 9.99. The number of aromatic nitrogens is 6. The molecule has 0 spiro atoms. The predicted molar refractivity (Wildman–Crippen MR) is 465 cm³/mol. The number of carbonyl (C=O) groups excluding carboxylic acids is 8. The maximum atomic E-state index is 12.9. The van der Waals surface area contributed by atoms with Crippen molar-refractivity contribution < 1.29 is 113 Å². The number of benzene rings is 3. The summed E-state index contributed by atoms with van der Waals surface area (Å²) in [5.41, 5.74) is 2.49. The number of hydrogen-bond donors (Lipinski definition) is 6. The van der Waals surface area contributed by atoms with E-state index in [1.807, 2.05) is 95.9 Å². The van der Waals surface area contributed by atoms with Crippen molar-refractivity contribution in [3.63, 3.8) is 0 Å². The Morgan fingerprint density at radius 2 is 0.828 bits per heavy atom. The summed E-state index contributed by atoms with van der Waals surface area (Å²) in [7, 11) is -4.75. The van der Waals surface area contributed by atoms with E-state index in [1.165, 1.54) is 50.5 Å². The second-order valence-electron chi connectivity index (χ2n) is 37.7. The van der Waals surface area contributed by atoms with Crippen LogP contribution in [-0.2, 0) is 72.9 Å². The zero-order chi connectivity index (χ0) is 94.1. The molecule has 12 aliphatic heterocycles. The van der Waals surface area contributed by atoms with Crippen molar-refractivity contribution >= 4 is 70.3 Å². The molecular weight excluding hydrogens is 1760 g/mol. The zero-order valence-electron chi connectivity index (χ0n) is 75.4. The molecule has 3 aliphatic carbocycles. The van der Waals surface area contributed by atoms with Gasteiger partial charge in [-0.3, -0.25) is 38.7 Å². The Labute approximate surface area is 774 Å². The molecule has 15 fully saturated rings. The van der Waals surface area contributed by atoms with Gasteiger partial charge in [0.2, 0.25) is 41.3 Å². The van der Waals surface area contributed by atoms with Gasteiger partial charge in [0.05, 0.1) is 48.6 Å². The summed E-state index contributed by atoms with van der Waals surface area (Å²) in [5, 5.41) is 64.4. The normalized spacial score (nSPS) is 26.5. The Bertz CT molecular complexity index is 5200. The Balaban J connectivity index is 0.000000118. The maximum absolute atomic E-state index is 12.9. The molecule has 3 aromatic heterocycles. The minimum absolute atomic E-state index is 0.0274. The lowest BCUT2D eigenvalue weighted by molar-refractivity contribution is -0.143. The number of ketones is 1. The van der Waals surface area contributed by atoms with E-state index in [0.29, 0.717) is 144 Å². The highest BCUT2D eigenvalue weighted by molar-refractivity contribution is 7.80. The fourth-order valence-electron chi connectivity index (χ4n) is 20.3. The Hall–Kier alpha value is -11.5. The van der Waals surface area contributed by atoms with Gasteiger partial charge in [-0.15, -0.1) is 34.9 Å². The van der Waals surface area contributed by atoms with Crippen LogP contribution >= 0.6 is 0 Å². The predicted octanol–water partition coefficient (Wildman–Crippen LogP) is 10.7. The molecule has 15 aliphatic rings. The van der Waals surface area contributed by atoms with E-state index >= 15 is 0 Å². The quantitative estimate of drug-likeness (QED) is 0.0256. The third kappa shape index (κ3) is 22.7. The molecule has 6 N–H and O–H groups in total. The summed E-state index contributed by atoms with van der Waals surface area (Å²) < 4.78 is 57.7. The number of amides is 12.